The van der Waals surface area contributed by atoms with Gasteiger partial charge in [0.05, 0.1) is 5.52 Å². The topological polar surface area (TPSA) is 56.7 Å². The Bertz CT molecular complexity index is 606. The van der Waals surface area contributed by atoms with Gasteiger partial charge in [-0.1, -0.05) is 20.3 Å². The molecule has 22 heavy (non-hydrogen) atoms. The van der Waals surface area contributed by atoms with E-state index in [1.807, 2.05) is 6.20 Å². The Hall–Kier alpha value is -1.23. The highest BCUT2D eigenvalue weighted by Crippen LogP contribution is 2.25. The quantitative estimate of drug-likeness (QED) is 0.704. The maximum absolute atomic E-state index is 6.02. The molecule has 2 aromatic heterocycles. The second-order valence-electron chi connectivity index (χ2n) is 5.77. The molecule has 0 unspecified atom stereocenters. The van der Waals surface area contributed by atoms with E-state index in [0.29, 0.717) is 5.82 Å². The lowest BCUT2D eigenvalue weighted by molar-refractivity contribution is 0.649. The first-order valence-corrected chi connectivity index (χ1v) is 9.52. The summed E-state index contributed by atoms with van der Waals surface area (Å²) in [6.45, 7) is 7.56. The fraction of sp³-hybridized carbons (Fsp3) is 0.647. The van der Waals surface area contributed by atoms with Gasteiger partial charge in [0.15, 0.2) is 5.82 Å². The number of rotatable bonds is 9. The Labute approximate surface area is 137 Å². The van der Waals surface area contributed by atoms with Gasteiger partial charge in [-0.25, -0.2) is 9.97 Å². The first-order chi connectivity index (χ1) is 10.7. The molecule has 5 heteroatoms. The molecule has 4 nitrogen and oxygen atoms in total. The molecule has 122 valence electrons. The third kappa shape index (κ3) is 3.94. The van der Waals surface area contributed by atoms with Crippen LogP contribution in [-0.4, -0.2) is 26.0 Å². The van der Waals surface area contributed by atoms with E-state index in [2.05, 4.69) is 42.1 Å². The fourth-order valence-electron chi connectivity index (χ4n) is 2.69. The summed E-state index contributed by atoms with van der Waals surface area (Å²) in [6.07, 6.45) is 7.74. The van der Waals surface area contributed by atoms with Crippen molar-refractivity contribution in [2.24, 2.45) is 0 Å². The van der Waals surface area contributed by atoms with Crippen molar-refractivity contribution >= 4 is 28.6 Å². The Kier molecular flexibility index (Phi) is 6.55. The van der Waals surface area contributed by atoms with Gasteiger partial charge in [-0.2, -0.15) is 11.8 Å². The average Bonchev–Trinajstić information content (AvgIpc) is 2.87. The van der Waals surface area contributed by atoms with E-state index < -0.39 is 0 Å². The highest BCUT2D eigenvalue weighted by Gasteiger charge is 2.14. The molecule has 0 fully saturated rings. The van der Waals surface area contributed by atoms with Crippen molar-refractivity contribution in [1.82, 2.24) is 14.5 Å². The molecule has 0 aliphatic rings. The van der Waals surface area contributed by atoms with Crippen molar-refractivity contribution < 1.29 is 0 Å². The Balaban J connectivity index is 2.15. The lowest BCUT2D eigenvalue weighted by Gasteiger charge is -2.10. The molecule has 0 radical (unpaired) electrons. The van der Waals surface area contributed by atoms with Crippen LogP contribution >= 0.6 is 11.8 Å². The number of imidazole rings is 1. The highest BCUT2D eigenvalue weighted by atomic mass is 32.2. The van der Waals surface area contributed by atoms with Crippen LogP contribution < -0.4 is 5.73 Å². The Morgan fingerprint density at radius 1 is 1.18 bits per heavy atom. The number of anilines is 1. The van der Waals surface area contributed by atoms with Crippen molar-refractivity contribution in [1.29, 1.82) is 0 Å². The zero-order valence-corrected chi connectivity index (χ0v) is 14.9. The van der Waals surface area contributed by atoms with Gasteiger partial charge in [0, 0.05) is 19.2 Å². The molecule has 0 aliphatic heterocycles. The monoisotopic (exact) mass is 320 g/mol. The number of nitrogens with zero attached hydrogens (tertiary/aromatic N) is 3. The van der Waals surface area contributed by atoms with Crippen LogP contribution in [0.3, 0.4) is 0 Å². The molecular formula is C17H28N4S. The van der Waals surface area contributed by atoms with Gasteiger partial charge in [0.25, 0.3) is 0 Å². The summed E-state index contributed by atoms with van der Waals surface area (Å²) in [5, 5.41) is 0. The van der Waals surface area contributed by atoms with Crippen molar-refractivity contribution in [3.05, 3.63) is 17.6 Å². The minimum Gasteiger partial charge on any atom is -0.382 e. The lowest BCUT2D eigenvalue weighted by Crippen LogP contribution is -2.06. The summed E-state index contributed by atoms with van der Waals surface area (Å²) in [7, 11) is 0. The van der Waals surface area contributed by atoms with Gasteiger partial charge < -0.3 is 10.3 Å². The van der Waals surface area contributed by atoms with E-state index in [4.69, 9.17) is 10.7 Å². The standard InChI is InChI=1S/C17H28N4S/c1-4-6-10-22-11-7-9-21-14(8-5-2)20-15-16(21)13(3)12-19-17(15)18/h12H,4-11H2,1-3H3,(H2,18,19). The van der Waals surface area contributed by atoms with Crippen LogP contribution in [-0.2, 0) is 13.0 Å². The minimum atomic E-state index is 0.550. The van der Waals surface area contributed by atoms with E-state index in [-0.39, 0.29) is 0 Å². The van der Waals surface area contributed by atoms with Gasteiger partial charge in [-0.15, -0.1) is 0 Å². The SMILES string of the molecule is CCCCSCCCn1c(CCC)nc2c(N)ncc(C)c21. The second kappa shape index (κ2) is 8.42. The normalized spacial score (nSPS) is 11.4. The largest absolute Gasteiger partial charge is 0.382 e. The molecule has 2 rings (SSSR count). The van der Waals surface area contributed by atoms with E-state index in [9.17, 15) is 0 Å². The summed E-state index contributed by atoms with van der Waals surface area (Å²) < 4.78 is 2.37. The Morgan fingerprint density at radius 3 is 2.68 bits per heavy atom. The predicted molar refractivity (Wildman–Crippen MR) is 97.5 cm³/mol. The first kappa shape index (κ1) is 17.1. The Morgan fingerprint density at radius 2 is 1.95 bits per heavy atom. The van der Waals surface area contributed by atoms with Crippen LogP contribution in [0.2, 0.25) is 0 Å². The number of thioether (sulfide) groups is 1. The van der Waals surface area contributed by atoms with Crippen LogP contribution in [0.5, 0.6) is 0 Å². The second-order valence-corrected chi connectivity index (χ2v) is 7.00. The lowest BCUT2D eigenvalue weighted by atomic mass is 10.2. The fourth-order valence-corrected chi connectivity index (χ4v) is 3.72. The van der Waals surface area contributed by atoms with E-state index in [1.54, 1.807) is 0 Å². The molecule has 0 saturated carbocycles. The third-order valence-corrected chi connectivity index (χ3v) is 5.00. The summed E-state index contributed by atoms with van der Waals surface area (Å²) in [4.78, 5) is 9.01. The zero-order chi connectivity index (χ0) is 15.9. The van der Waals surface area contributed by atoms with Crippen LogP contribution in [0.4, 0.5) is 5.82 Å². The molecule has 0 bridgehead atoms. The number of unbranched alkanes of at least 4 members (excludes halogenated alkanes) is 1. The van der Waals surface area contributed by atoms with E-state index in [1.165, 1.54) is 36.3 Å². The molecule has 0 aliphatic carbocycles. The molecular weight excluding hydrogens is 292 g/mol. The number of nitrogen functional groups attached to an aromatic ring is 1. The first-order valence-electron chi connectivity index (χ1n) is 8.36. The number of fused-ring (bicyclic) bond motifs is 1. The molecule has 0 amide bonds. The molecule has 0 spiro atoms. The maximum atomic E-state index is 6.02. The van der Waals surface area contributed by atoms with Crippen LogP contribution in [0.1, 0.15) is 50.9 Å². The van der Waals surface area contributed by atoms with Crippen molar-refractivity contribution in [3.8, 4) is 0 Å². The number of pyridine rings is 1. The van der Waals surface area contributed by atoms with E-state index >= 15 is 0 Å². The molecule has 0 aromatic carbocycles. The molecule has 2 N–H and O–H groups in total. The van der Waals surface area contributed by atoms with Crippen molar-refractivity contribution in [2.75, 3.05) is 17.2 Å². The van der Waals surface area contributed by atoms with E-state index in [0.717, 1.165) is 36.3 Å². The van der Waals surface area contributed by atoms with Crippen LogP contribution in [0.25, 0.3) is 11.0 Å². The van der Waals surface area contributed by atoms with Gasteiger partial charge in [-0.05, 0) is 43.3 Å². The predicted octanol–water partition coefficient (Wildman–Crippen LogP) is 4.20. The number of hydrogen-bond acceptors (Lipinski definition) is 4. The minimum absolute atomic E-state index is 0.550. The van der Waals surface area contributed by atoms with Crippen molar-refractivity contribution in [3.63, 3.8) is 0 Å². The molecule has 0 atom stereocenters. The van der Waals surface area contributed by atoms with Crippen LogP contribution in [0, 0.1) is 6.92 Å². The number of aryl methyl sites for hydroxylation is 3. The van der Waals surface area contributed by atoms with Gasteiger partial charge >= 0.3 is 0 Å². The molecule has 2 heterocycles. The van der Waals surface area contributed by atoms with Crippen LogP contribution in [0.15, 0.2) is 6.20 Å². The van der Waals surface area contributed by atoms with Gasteiger partial charge in [-0.3, -0.25) is 0 Å². The maximum Gasteiger partial charge on any atom is 0.151 e. The summed E-state index contributed by atoms with van der Waals surface area (Å²) in [6, 6.07) is 0. The highest BCUT2D eigenvalue weighted by molar-refractivity contribution is 7.99. The summed E-state index contributed by atoms with van der Waals surface area (Å²) in [5.74, 6) is 4.19. The zero-order valence-electron chi connectivity index (χ0n) is 14.1. The number of nitrogens with two attached hydrogens (primary N) is 1. The van der Waals surface area contributed by atoms with Crippen molar-refractivity contribution in [2.45, 2.75) is 59.4 Å². The third-order valence-electron chi connectivity index (χ3n) is 3.85. The number of hydrogen-bond donors (Lipinski definition) is 1. The van der Waals surface area contributed by atoms with Gasteiger partial charge in [0.2, 0.25) is 0 Å². The van der Waals surface area contributed by atoms with Gasteiger partial charge in [0.1, 0.15) is 11.3 Å². The molecule has 0 saturated heterocycles. The summed E-state index contributed by atoms with van der Waals surface area (Å²) in [5.41, 5.74) is 9.24. The molecule has 2 aromatic rings. The summed E-state index contributed by atoms with van der Waals surface area (Å²) >= 11 is 2.06. The average molecular weight is 321 g/mol. The number of aromatic nitrogens is 3. The smallest absolute Gasteiger partial charge is 0.151 e.